The molecule has 0 rings (SSSR count). The lowest BCUT2D eigenvalue weighted by molar-refractivity contribution is -0.439. The molecular formula is C16H11F17O4. The van der Waals surface area contributed by atoms with Gasteiger partial charge in [0.2, 0.25) is 6.17 Å². The van der Waals surface area contributed by atoms with Gasteiger partial charge < -0.3 is 9.47 Å². The van der Waals surface area contributed by atoms with Crippen LogP contribution in [0.25, 0.3) is 0 Å². The third-order valence-electron chi connectivity index (χ3n) is 4.24. The molecule has 3 unspecified atom stereocenters. The van der Waals surface area contributed by atoms with Gasteiger partial charge in [-0.15, -0.1) is 0 Å². The summed E-state index contributed by atoms with van der Waals surface area (Å²) in [6.07, 6.45) is -23.0. The molecule has 21 heteroatoms. The lowest BCUT2D eigenvalue weighted by atomic mass is 9.89. The van der Waals surface area contributed by atoms with Crippen LogP contribution in [0, 0.1) is 0 Å². The van der Waals surface area contributed by atoms with Crippen LogP contribution in [-0.2, 0) is 19.1 Å². The lowest BCUT2D eigenvalue weighted by Crippen LogP contribution is -2.73. The highest BCUT2D eigenvalue weighted by Gasteiger charge is 2.92. The Hall–Kier alpha value is -2.51. The van der Waals surface area contributed by atoms with Crippen molar-refractivity contribution >= 4 is 11.9 Å². The van der Waals surface area contributed by atoms with E-state index in [1.165, 1.54) is 0 Å². The first kappa shape index (κ1) is 34.5. The van der Waals surface area contributed by atoms with Crippen LogP contribution in [0.4, 0.5) is 74.6 Å². The molecule has 4 nitrogen and oxygen atoms in total. The first-order chi connectivity index (χ1) is 16.2. The van der Waals surface area contributed by atoms with Gasteiger partial charge in [0.15, 0.2) is 6.17 Å². The number of carbonyl (C=O) groups is 2. The van der Waals surface area contributed by atoms with Gasteiger partial charge in [-0.1, -0.05) is 6.58 Å². The number of hydrogen-bond donors (Lipinski definition) is 0. The topological polar surface area (TPSA) is 52.6 Å². The fourth-order valence-electron chi connectivity index (χ4n) is 2.08. The number of alkyl halides is 17. The summed E-state index contributed by atoms with van der Waals surface area (Å²) in [5.41, 5.74) is -1.07. The van der Waals surface area contributed by atoms with Gasteiger partial charge in [-0.2, -0.15) is 57.1 Å². The SMILES string of the molecule is C=C(CC(=O)OC(F)C(F)(F)C(F)(F)C(F)(F)C(F)(F)C(F)(F)C(F)(F)C(F)C(F)C(F)F)C(=O)OC. The van der Waals surface area contributed by atoms with Crippen molar-refractivity contribution in [2.75, 3.05) is 7.11 Å². The summed E-state index contributed by atoms with van der Waals surface area (Å²) in [5, 5.41) is 0. The second-order valence-corrected chi connectivity index (χ2v) is 6.80. The van der Waals surface area contributed by atoms with Gasteiger partial charge in [0.25, 0.3) is 6.43 Å². The maximum Gasteiger partial charge on any atom is 0.385 e. The molecule has 0 aromatic rings. The first-order valence-electron chi connectivity index (χ1n) is 8.62. The third-order valence-corrected chi connectivity index (χ3v) is 4.24. The third kappa shape index (κ3) is 5.68. The largest absolute Gasteiger partial charge is 0.466 e. The summed E-state index contributed by atoms with van der Waals surface area (Å²) in [4.78, 5) is 22.1. The van der Waals surface area contributed by atoms with Gasteiger partial charge in [-0.05, 0) is 0 Å². The highest BCUT2D eigenvalue weighted by Crippen LogP contribution is 2.61. The molecule has 0 saturated carbocycles. The van der Waals surface area contributed by atoms with E-state index >= 15 is 0 Å². The number of esters is 2. The minimum absolute atomic E-state index is 0.638. The minimum Gasteiger partial charge on any atom is -0.466 e. The van der Waals surface area contributed by atoms with Crippen molar-refractivity contribution in [2.24, 2.45) is 0 Å². The molecule has 0 heterocycles. The molecule has 0 aliphatic rings. The van der Waals surface area contributed by atoms with Crippen LogP contribution in [0.3, 0.4) is 0 Å². The minimum atomic E-state index is -8.55. The van der Waals surface area contributed by atoms with Gasteiger partial charge in [-0.3, -0.25) is 4.79 Å². The van der Waals surface area contributed by atoms with E-state index in [0.29, 0.717) is 7.11 Å². The summed E-state index contributed by atoms with van der Waals surface area (Å²) < 4.78 is 233. The normalized spacial score (nSPS) is 16.7. The summed E-state index contributed by atoms with van der Waals surface area (Å²) in [7, 11) is 0.638. The lowest BCUT2D eigenvalue weighted by Gasteiger charge is -2.42. The van der Waals surface area contributed by atoms with Gasteiger partial charge in [0.1, 0.15) is 0 Å². The van der Waals surface area contributed by atoms with Crippen molar-refractivity contribution in [2.45, 2.75) is 67.1 Å². The van der Waals surface area contributed by atoms with E-state index < -0.39 is 84.6 Å². The molecule has 218 valence electrons. The fraction of sp³-hybridized carbons (Fsp3) is 0.750. The Morgan fingerprint density at radius 3 is 1.43 bits per heavy atom. The van der Waals surface area contributed by atoms with Crippen LogP contribution in [0.2, 0.25) is 0 Å². The van der Waals surface area contributed by atoms with Crippen molar-refractivity contribution < 1.29 is 93.7 Å². The maximum absolute atomic E-state index is 13.7. The van der Waals surface area contributed by atoms with Crippen molar-refractivity contribution in [1.82, 2.24) is 0 Å². The Balaban J connectivity index is 6.32. The summed E-state index contributed by atoms with van der Waals surface area (Å²) in [6, 6.07) is 0. The molecule has 0 fully saturated rings. The average Bonchev–Trinajstić information content (AvgIpc) is 2.75. The molecule has 0 bridgehead atoms. The number of rotatable bonds is 13. The highest BCUT2D eigenvalue weighted by atomic mass is 19.4. The predicted molar refractivity (Wildman–Crippen MR) is 82.2 cm³/mol. The van der Waals surface area contributed by atoms with E-state index in [9.17, 15) is 84.2 Å². The van der Waals surface area contributed by atoms with E-state index in [1.807, 2.05) is 0 Å². The fourth-order valence-corrected chi connectivity index (χ4v) is 2.08. The number of hydrogen-bond acceptors (Lipinski definition) is 4. The number of carbonyl (C=O) groups excluding carboxylic acids is 2. The molecule has 0 aliphatic heterocycles. The first-order valence-corrected chi connectivity index (χ1v) is 8.62. The molecule has 37 heavy (non-hydrogen) atoms. The Labute approximate surface area is 193 Å². The second kappa shape index (κ2) is 10.7. The summed E-state index contributed by atoms with van der Waals surface area (Å²) in [6.45, 7) is 2.73. The molecule has 0 saturated heterocycles. The Kier molecular flexibility index (Phi) is 9.97. The van der Waals surface area contributed by atoms with Crippen molar-refractivity contribution in [3.63, 3.8) is 0 Å². The molecule has 0 aromatic heterocycles. The van der Waals surface area contributed by atoms with Crippen LogP contribution in [0.1, 0.15) is 6.42 Å². The zero-order chi connectivity index (χ0) is 30.2. The predicted octanol–water partition coefficient (Wildman–Crippen LogP) is 5.70. The Morgan fingerprint density at radius 1 is 0.703 bits per heavy atom. The quantitative estimate of drug-likeness (QED) is 0.157. The van der Waals surface area contributed by atoms with Gasteiger partial charge in [-0.25, -0.2) is 22.4 Å². The van der Waals surface area contributed by atoms with Crippen LogP contribution in [0.15, 0.2) is 12.2 Å². The second-order valence-electron chi connectivity index (χ2n) is 6.80. The summed E-state index contributed by atoms with van der Waals surface area (Å²) in [5.74, 6) is -52.8. The number of halogens is 17. The van der Waals surface area contributed by atoms with Gasteiger partial charge >= 0.3 is 53.8 Å². The van der Waals surface area contributed by atoms with Crippen LogP contribution in [0.5, 0.6) is 0 Å². The standard InChI is InChI=1S/C16H11F17O4/c1-4(9(35)36-2)3-5(34)37-10(21)12(24,25)14(28,29)16(32,33)15(30,31)13(26,27)11(22,23)7(18)6(17)8(19)20/h6-8,10H,1,3H2,2H3. The molecule has 0 radical (unpaired) electrons. The smallest absolute Gasteiger partial charge is 0.385 e. The van der Waals surface area contributed by atoms with Crippen molar-refractivity contribution in [3.8, 4) is 0 Å². The maximum atomic E-state index is 13.7. The molecule has 0 aromatic carbocycles. The van der Waals surface area contributed by atoms with Crippen LogP contribution < -0.4 is 0 Å². The van der Waals surface area contributed by atoms with Gasteiger partial charge in [0.05, 0.1) is 13.5 Å². The van der Waals surface area contributed by atoms with Crippen molar-refractivity contribution in [3.05, 3.63) is 12.2 Å². The number of ether oxygens (including phenoxy) is 2. The van der Waals surface area contributed by atoms with Crippen LogP contribution in [-0.4, -0.2) is 79.7 Å². The number of methoxy groups -OCH3 is 1. The zero-order valence-corrected chi connectivity index (χ0v) is 17.3. The molecule has 0 amide bonds. The van der Waals surface area contributed by atoms with E-state index in [4.69, 9.17) is 0 Å². The summed E-state index contributed by atoms with van der Waals surface area (Å²) >= 11 is 0. The van der Waals surface area contributed by atoms with Gasteiger partial charge in [0, 0.05) is 5.57 Å². The molecule has 0 N–H and O–H groups in total. The molecule has 0 aliphatic carbocycles. The van der Waals surface area contributed by atoms with E-state index in [2.05, 4.69) is 16.1 Å². The van der Waals surface area contributed by atoms with E-state index in [-0.39, 0.29) is 0 Å². The van der Waals surface area contributed by atoms with Crippen LogP contribution >= 0.6 is 0 Å². The highest BCUT2D eigenvalue weighted by molar-refractivity contribution is 5.93. The Morgan fingerprint density at radius 2 is 1.08 bits per heavy atom. The Bertz CT molecular complexity index is 856. The average molecular weight is 590 g/mol. The van der Waals surface area contributed by atoms with E-state index in [1.54, 1.807) is 0 Å². The zero-order valence-electron chi connectivity index (χ0n) is 17.3. The molecule has 0 spiro atoms. The molecule has 3 atom stereocenters. The molecular weight excluding hydrogens is 579 g/mol. The van der Waals surface area contributed by atoms with E-state index in [0.717, 1.165) is 0 Å². The monoisotopic (exact) mass is 590 g/mol. The van der Waals surface area contributed by atoms with Crippen molar-refractivity contribution in [1.29, 1.82) is 0 Å².